The summed E-state index contributed by atoms with van der Waals surface area (Å²) in [6.07, 6.45) is 2.78. The van der Waals surface area contributed by atoms with Crippen molar-refractivity contribution < 1.29 is 19.5 Å². The SMILES string of the molecule is CCCN(CCC)C(=O)CCC(=O)N1CCC(C(=O)O)C(C)C1. The summed E-state index contributed by atoms with van der Waals surface area (Å²) in [6.45, 7) is 8.36. The number of carboxylic acids is 1. The molecule has 2 unspecified atom stereocenters. The largest absolute Gasteiger partial charge is 0.481 e. The lowest BCUT2D eigenvalue weighted by atomic mass is 9.87. The van der Waals surface area contributed by atoms with Crippen LogP contribution in [0.1, 0.15) is 52.9 Å². The first-order valence-corrected chi connectivity index (χ1v) is 8.69. The molecule has 1 N–H and O–H groups in total. The van der Waals surface area contributed by atoms with E-state index in [1.807, 2.05) is 25.7 Å². The first-order chi connectivity index (χ1) is 10.9. The lowest BCUT2D eigenvalue weighted by Gasteiger charge is -2.35. The molecule has 1 aliphatic rings. The molecule has 1 fully saturated rings. The molecule has 0 aromatic rings. The van der Waals surface area contributed by atoms with Crippen LogP contribution in [0.15, 0.2) is 0 Å². The Balaban J connectivity index is 2.44. The zero-order valence-electron chi connectivity index (χ0n) is 14.6. The molecule has 0 saturated carbocycles. The van der Waals surface area contributed by atoms with Crippen LogP contribution in [0.4, 0.5) is 0 Å². The molecule has 1 aliphatic heterocycles. The summed E-state index contributed by atoms with van der Waals surface area (Å²) in [5, 5.41) is 9.12. The number of piperidine rings is 1. The molecular weight excluding hydrogens is 296 g/mol. The van der Waals surface area contributed by atoms with Gasteiger partial charge in [-0.1, -0.05) is 20.8 Å². The Bertz CT molecular complexity index is 419. The Morgan fingerprint density at radius 2 is 1.74 bits per heavy atom. The fourth-order valence-corrected chi connectivity index (χ4v) is 3.17. The van der Waals surface area contributed by atoms with Gasteiger partial charge in [0.25, 0.3) is 0 Å². The van der Waals surface area contributed by atoms with E-state index >= 15 is 0 Å². The molecule has 6 nitrogen and oxygen atoms in total. The van der Waals surface area contributed by atoms with E-state index in [2.05, 4.69) is 0 Å². The Morgan fingerprint density at radius 3 is 2.22 bits per heavy atom. The number of likely N-dealkylation sites (tertiary alicyclic amines) is 1. The minimum Gasteiger partial charge on any atom is -0.481 e. The van der Waals surface area contributed by atoms with E-state index in [-0.39, 0.29) is 36.5 Å². The van der Waals surface area contributed by atoms with Gasteiger partial charge in [0.05, 0.1) is 5.92 Å². The summed E-state index contributed by atoms with van der Waals surface area (Å²) in [5.41, 5.74) is 0. The van der Waals surface area contributed by atoms with Crippen molar-refractivity contribution in [3.63, 3.8) is 0 Å². The van der Waals surface area contributed by atoms with E-state index in [1.54, 1.807) is 4.90 Å². The standard InChI is InChI=1S/C17H30N2O4/c1-4-9-18(10-5-2)15(20)6-7-16(21)19-11-8-14(17(22)23)13(3)12-19/h13-14H,4-12H2,1-3H3,(H,22,23). The summed E-state index contributed by atoms with van der Waals surface area (Å²) >= 11 is 0. The lowest BCUT2D eigenvalue weighted by Crippen LogP contribution is -2.45. The molecule has 0 aliphatic carbocycles. The number of hydrogen-bond acceptors (Lipinski definition) is 3. The summed E-state index contributed by atoms with van der Waals surface area (Å²) in [4.78, 5) is 39.1. The van der Waals surface area contributed by atoms with Gasteiger partial charge in [0.1, 0.15) is 0 Å². The highest BCUT2D eigenvalue weighted by atomic mass is 16.4. The predicted molar refractivity (Wildman–Crippen MR) is 87.9 cm³/mol. The number of carbonyl (C=O) groups is 3. The molecule has 2 atom stereocenters. The molecule has 1 saturated heterocycles. The molecule has 132 valence electrons. The van der Waals surface area contributed by atoms with Crippen LogP contribution < -0.4 is 0 Å². The van der Waals surface area contributed by atoms with E-state index in [4.69, 9.17) is 5.11 Å². The van der Waals surface area contributed by atoms with Gasteiger partial charge in [-0.15, -0.1) is 0 Å². The fraction of sp³-hybridized carbons (Fsp3) is 0.824. The van der Waals surface area contributed by atoms with Gasteiger partial charge in [-0.05, 0) is 25.2 Å². The molecule has 1 rings (SSSR count). The van der Waals surface area contributed by atoms with Crippen molar-refractivity contribution in [2.24, 2.45) is 11.8 Å². The molecule has 2 amide bonds. The van der Waals surface area contributed by atoms with Gasteiger partial charge >= 0.3 is 5.97 Å². The maximum absolute atomic E-state index is 12.3. The molecule has 6 heteroatoms. The Hall–Kier alpha value is -1.59. The van der Waals surface area contributed by atoms with Crippen molar-refractivity contribution in [3.05, 3.63) is 0 Å². The molecular formula is C17H30N2O4. The number of carboxylic acid groups (broad SMARTS) is 1. The number of aliphatic carboxylic acids is 1. The maximum atomic E-state index is 12.3. The highest BCUT2D eigenvalue weighted by Crippen LogP contribution is 2.24. The van der Waals surface area contributed by atoms with Gasteiger partial charge in [0, 0.05) is 39.0 Å². The van der Waals surface area contributed by atoms with Crippen LogP contribution >= 0.6 is 0 Å². The van der Waals surface area contributed by atoms with Crippen LogP contribution in [-0.2, 0) is 14.4 Å². The summed E-state index contributed by atoms with van der Waals surface area (Å²) in [5.74, 6) is -1.20. The second-order valence-corrected chi connectivity index (χ2v) is 6.43. The van der Waals surface area contributed by atoms with E-state index in [9.17, 15) is 14.4 Å². The number of hydrogen-bond donors (Lipinski definition) is 1. The first-order valence-electron chi connectivity index (χ1n) is 8.69. The highest BCUT2D eigenvalue weighted by Gasteiger charge is 2.32. The van der Waals surface area contributed by atoms with E-state index in [0.717, 1.165) is 25.9 Å². The van der Waals surface area contributed by atoms with Crippen molar-refractivity contribution >= 4 is 17.8 Å². The highest BCUT2D eigenvalue weighted by molar-refractivity contribution is 5.84. The topological polar surface area (TPSA) is 77.9 Å². The van der Waals surface area contributed by atoms with Crippen LogP contribution in [0, 0.1) is 11.8 Å². The second kappa shape index (κ2) is 9.53. The minimum absolute atomic E-state index is 0.0375. The summed E-state index contributed by atoms with van der Waals surface area (Å²) in [6, 6.07) is 0. The molecule has 0 bridgehead atoms. The predicted octanol–water partition coefficient (Wildman–Crippen LogP) is 1.98. The van der Waals surface area contributed by atoms with Gasteiger partial charge in [-0.2, -0.15) is 0 Å². The van der Waals surface area contributed by atoms with Gasteiger partial charge in [-0.3, -0.25) is 14.4 Å². The van der Waals surface area contributed by atoms with Crippen LogP contribution in [0.3, 0.4) is 0 Å². The van der Waals surface area contributed by atoms with E-state index in [0.29, 0.717) is 19.5 Å². The average Bonchev–Trinajstić information content (AvgIpc) is 2.51. The monoisotopic (exact) mass is 326 g/mol. The number of carbonyl (C=O) groups excluding carboxylic acids is 2. The third kappa shape index (κ3) is 5.84. The summed E-state index contributed by atoms with van der Waals surface area (Å²) in [7, 11) is 0. The van der Waals surface area contributed by atoms with Crippen LogP contribution in [0.25, 0.3) is 0 Å². The van der Waals surface area contributed by atoms with Gasteiger partial charge < -0.3 is 14.9 Å². The minimum atomic E-state index is -0.783. The average molecular weight is 326 g/mol. The van der Waals surface area contributed by atoms with Crippen molar-refractivity contribution in [1.29, 1.82) is 0 Å². The van der Waals surface area contributed by atoms with Crippen LogP contribution in [0.2, 0.25) is 0 Å². The van der Waals surface area contributed by atoms with Crippen molar-refractivity contribution in [2.75, 3.05) is 26.2 Å². The Morgan fingerprint density at radius 1 is 1.13 bits per heavy atom. The normalized spacial score (nSPS) is 21.1. The number of nitrogens with zero attached hydrogens (tertiary/aromatic N) is 2. The van der Waals surface area contributed by atoms with Gasteiger partial charge in [-0.25, -0.2) is 0 Å². The zero-order valence-corrected chi connectivity index (χ0v) is 14.6. The van der Waals surface area contributed by atoms with E-state index < -0.39 is 5.97 Å². The van der Waals surface area contributed by atoms with Crippen LogP contribution in [-0.4, -0.2) is 58.9 Å². The molecule has 0 radical (unpaired) electrons. The van der Waals surface area contributed by atoms with E-state index in [1.165, 1.54) is 0 Å². The molecule has 1 heterocycles. The van der Waals surface area contributed by atoms with Gasteiger partial charge in [0.2, 0.25) is 11.8 Å². The van der Waals surface area contributed by atoms with Crippen molar-refractivity contribution in [1.82, 2.24) is 9.80 Å². The fourth-order valence-electron chi connectivity index (χ4n) is 3.17. The molecule has 0 spiro atoms. The quantitative estimate of drug-likeness (QED) is 0.740. The second-order valence-electron chi connectivity index (χ2n) is 6.43. The third-order valence-electron chi connectivity index (χ3n) is 4.47. The van der Waals surface area contributed by atoms with Gasteiger partial charge in [0.15, 0.2) is 0 Å². The van der Waals surface area contributed by atoms with Crippen molar-refractivity contribution in [3.8, 4) is 0 Å². The smallest absolute Gasteiger partial charge is 0.306 e. The first kappa shape index (κ1) is 19.5. The molecule has 23 heavy (non-hydrogen) atoms. The number of rotatable bonds is 8. The maximum Gasteiger partial charge on any atom is 0.306 e. The number of amides is 2. The summed E-state index contributed by atoms with van der Waals surface area (Å²) < 4.78 is 0. The molecule has 0 aromatic heterocycles. The molecule has 0 aromatic carbocycles. The third-order valence-corrected chi connectivity index (χ3v) is 4.47. The zero-order chi connectivity index (χ0) is 17.4. The Kier molecular flexibility index (Phi) is 8.06. The van der Waals surface area contributed by atoms with Crippen molar-refractivity contribution in [2.45, 2.75) is 52.9 Å². The van der Waals surface area contributed by atoms with Crippen LogP contribution in [0.5, 0.6) is 0 Å². The Labute approximate surface area is 138 Å². The lowest BCUT2D eigenvalue weighted by molar-refractivity contribution is -0.148.